The van der Waals surface area contributed by atoms with Crippen LogP contribution in [0.4, 0.5) is 0 Å². The first kappa shape index (κ1) is 22.4. The van der Waals surface area contributed by atoms with Gasteiger partial charge in [0.05, 0.1) is 6.54 Å². The minimum Gasteiger partial charge on any atom is -0.454 e. The van der Waals surface area contributed by atoms with Crippen LogP contribution in [0.3, 0.4) is 0 Å². The van der Waals surface area contributed by atoms with Gasteiger partial charge in [0.1, 0.15) is 5.60 Å². The molecule has 0 aromatic heterocycles. The van der Waals surface area contributed by atoms with E-state index in [0.717, 1.165) is 36.4 Å². The van der Waals surface area contributed by atoms with Gasteiger partial charge in [0.2, 0.25) is 6.79 Å². The average molecular weight is 440 g/mol. The number of rotatable bonds is 7. The van der Waals surface area contributed by atoms with Gasteiger partial charge in [-0.25, -0.2) is 4.99 Å². The lowest BCUT2D eigenvalue weighted by Gasteiger charge is -2.38. The molecule has 7 nitrogen and oxygen atoms in total. The highest BCUT2D eigenvalue weighted by Crippen LogP contribution is 2.40. The average Bonchev–Trinajstić information content (AvgIpc) is 3.30. The molecule has 0 spiro atoms. The van der Waals surface area contributed by atoms with E-state index in [4.69, 9.17) is 19.2 Å². The molecule has 0 aliphatic carbocycles. The Morgan fingerprint density at radius 3 is 2.56 bits per heavy atom. The molecule has 2 heterocycles. The van der Waals surface area contributed by atoms with Gasteiger partial charge in [0.25, 0.3) is 0 Å². The van der Waals surface area contributed by atoms with Crippen LogP contribution in [-0.2, 0) is 15.8 Å². The molecule has 1 saturated heterocycles. The zero-order chi connectivity index (χ0) is 22.4. The molecular weight excluding hydrogens is 406 g/mol. The van der Waals surface area contributed by atoms with E-state index in [2.05, 4.69) is 22.8 Å². The van der Waals surface area contributed by atoms with Crippen molar-refractivity contribution in [2.45, 2.75) is 37.7 Å². The molecular formula is C25H33N3O4. The number of aliphatic hydroxyl groups is 1. The van der Waals surface area contributed by atoms with Crippen LogP contribution in [-0.4, -0.2) is 50.7 Å². The van der Waals surface area contributed by atoms with Gasteiger partial charge in [-0.2, -0.15) is 0 Å². The van der Waals surface area contributed by atoms with Crippen molar-refractivity contribution < 1.29 is 19.3 Å². The summed E-state index contributed by atoms with van der Waals surface area (Å²) in [6, 6.07) is 15.9. The first-order valence-corrected chi connectivity index (χ1v) is 11.3. The first-order chi connectivity index (χ1) is 15.5. The minimum absolute atomic E-state index is 0.0998. The summed E-state index contributed by atoms with van der Waals surface area (Å²) < 4.78 is 16.8. The Morgan fingerprint density at radius 1 is 1.06 bits per heavy atom. The SMILES string of the molecule is CCNC(=NCC(C)(O)c1ccccc1)NCC1(c2ccc3c(c2)OCO3)CCOCC1. The summed E-state index contributed by atoms with van der Waals surface area (Å²) in [6.45, 7) is 7.22. The summed E-state index contributed by atoms with van der Waals surface area (Å²) in [5, 5.41) is 17.8. The molecule has 1 unspecified atom stereocenters. The van der Waals surface area contributed by atoms with E-state index >= 15 is 0 Å². The maximum atomic E-state index is 10.9. The predicted octanol–water partition coefficient (Wildman–Crippen LogP) is 2.93. The minimum atomic E-state index is -1.04. The fourth-order valence-corrected chi connectivity index (χ4v) is 4.27. The Morgan fingerprint density at radius 2 is 1.81 bits per heavy atom. The smallest absolute Gasteiger partial charge is 0.231 e. The van der Waals surface area contributed by atoms with E-state index in [-0.39, 0.29) is 18.8 Å². The number of ether oxygens (including phenoxy) is 3. The van der Waals surface area contributed by atoms with Crippen LogP contribution in [0.15, 0.2) is 53.5 Å². The number of fused-ring (bicyclic) bond motifs is 1. The number of hydrogen-bond donors (Lipinski definition) is 3. The molecule has 0 radical (unpaired) electrons. The van der Waals surface area contributed by atoms with Gasteiger partial charge in [0, 0.05) is 31.7 Å². The summed E-state index contributed by atoms with van der Waals surface area (Å²) in [5.74, 6) is 2.28. The normalized spacial score (nSPS) is 19.3. The Hall–Kier alpha value is -2.77. The van der Waals surface area contributed by atoms with Crippen molar-refractivity contribution in [2.24, 2.45) is 4.99 Å². The van der Waals surface area contributed by atoms with E-state index in [1.807, 2.05) is 43.3 Å². The van der Waals surface area contributed by atoms with Crippen LogP contribution in [0.5, 0.6) is 11.5 Å². The lowest BCUT2D eigenvalue weighted by Crippen LogP contribution is -2.48. The van der Waals surface area contributed by atoms with E-state index in [0.29, 0.717) is 25.7 Å². The highest BCUT2D eigenvalue weighted by Gasteiger charge is 2.36. The standard InChI is InChI=1S/C25H33N3O4/c1-3-26-23(27-16-24(2,29)19-7-5-4-6-8-19)28-17-25(11-13-30-14-12-25)20-9-10-21-22(15-20)32-18-31-21/h4-10,15,29H,3,11-14,16-18H2,1-2H3,(H2,26,27,28). The van der Waals surface area contributed by atoms with Gasteiger partial charge in [-0.1, -0.05) is 36.4 Å². The van der Waals surface area contributed by atoms with E-state index in [9.17, 15) is 5.11 Å². The molecule has 0 amide bonds. The van der Waals surface area contributed by atoms with Gasteiger partial charge >= 0.3 is 0 Å². The third kappa shape index (κ3) is 5.00. The van der Waals surface area contributed by atoms with Crippen LogP contribution >= 0.6 is 0 Å². The van der Waals surface area contributed by atoms with Crippen LogP contribution < -0.4 is 20.1 Å². The fraction of sp³-hybridized carbons (Fsp3) is 0.480. The Kier molecular flexibility index (Phi) is 6.86. The molecule has 0 bridgehead atoms. The summed E-state index contributed by atoms with van der Waals surface area (Å²) in [6.07, 6.45) is 1.81. The zero-order valence-electron chi connectivity index (χ0n) is 18.9. The molecule has 2 aliphatic rings. The number of nitrogens with zero attached hydrogens (tertiary/aromatic N) is 1. The van der Waals surface area contributed by atoms with Crippen molar-refractivity contribution in [2.75, 3.05) is 39.6 Å². The van der Waals surface area contributed by atoms with Crippen molar-refractivity contribution in [1.82, 2.24) is 10.6 Å². The topological polar surface area (TPSA) is 84.3 Å². The number of nitrogens with one attached hydrogen (secondary N) is 2. The largest absolute Gasteiger partial charge is 0.454 e. The van der Waals surface area contributed by atoms with Gasteiger partial charge in [-0.15, -0.1) is 0 Å². The summed E-state index contributed by atoms with van der Waals surface area (Å²) in [4.78, 5) is 4.70. The number of hydrogen-bond acceptors (Lipinski definition) is 5. The Labute approximate surface area is 189 Å². The molecule has 32 heavy (non-hydrogen) atoms. The molecule has 0 saturated carbocycles. The maximum Gasteiger partial charge on any atom is 0.231 e. The molecule has 2 aliphatic heterocycles. The van der Waals surface area contributed by atoms with Crippen molar-refractivity contribution in [3.63, 3.8) is 0 Å². The Balaban J connectivity index is 1.51. The van der Waals surface area contributed by atoms with E-state index in [1.165, 1.54) is 5.56 Å². The van der Waals surface area contributed by atoms with Crippen molar-refractivity contribution >= 4 is 5.96 Å². The maximum absolute atomic E-state index is 10.9. The molecule has 4 rings (SSSR count). The monoisotopic (exact) mass is 439 g/mol. The second-order valence-corrected chi connectivity index (χ2v) is 8.65. The van der Waals surface area contributed by atoms with Crippen LogP contribution in [0.25, 0.3) is 0 Å². The lowest BCUT2D eigenvalue weighted by atomic mass is 9.74. The summed E-state index contributed by atoms with van der Waals surface area (Å²) >= 11 is 0. The third-order valence-corrected chi connectivity index (χ3v) is 6.31. The quantitative estimate of drug-likeness (QED) is 0.455. The molecule has 2 aromatic carbocycles. The second-order valence-electron chi connectivity index (χ2n) is 8.65. The molecule has 1 atom stereocenters. The van der Waals surface area contributed by atoms with Gasteiger partial charge in [0.15, 0.2) is 17.5 Å². The second kappa shape index (κ2) is 9.79. The van der Waals surface area contributed by atoms with E-state index < -0.39 is 5.60 Å². The van der Waals surface area contributed by atoms with Crippen LogP contribution in [0.1, 0.15) is 37.8 Å². The molecule has 3 N–H and O–H groups in total. The highest BCUT2D eigenvalue weighted by atomic mass is 16.7. The first-order valence-electron chi connectivity index (χ1n) is 11.3. The fourth-order valence-electron chi connectivity index (χ4n) is 4.27. The van der Waals surface area contributed by atoms with Gasteiger partial charge in [-0.05, 0) is 49.9 Å². The van der Waals surface area contributed by atoms with Crippen LogP contribution in [0, 0.1) is 0 Å². The van der Waals surface area contributed by atoms with Gasteiger partial charge < -0.3 is 30.0 Å². The number of benzene rings is 2. The molecule has 1 fully saturated rings. The van der Waals surface area contributed by atoms with Crippen molar-refractivity contribution in [3.8, 4) is 11.5 Å². The van der Waals surface area contributed by atoms with Crippen LogP contribution in [0.2, 0.25) is 0 Å². The molecule has 2 aromatic rings. The van der Waals surface area contributed by atoms with Gasteiger partial charge in [-0.3, -0.25) is 0 Å². The van der Waals surface area contributed by atoms with Crippen molar-refractivity contribution in [1.29, 1.82) is 0 Å². The molecule has 7 heteroatoms. The number of aliphatic imine (C=N–C) groups is 1. The zero-order valence-corrected chi connectivity index (χ0v) is 18.9. The summed E-state index contributed by atoms with van der Waals surface area (Å²) in [7, 11) is 0. The lowest BCUT2D eigenvalue weighted by molar-refractivity contribution is 0.0512. The number of guanidine groups is 1. The third-order valence-electron chi connectivity index (χ3n) is 6.31. The summed E-state index contributed by atoms with van der Waals surface area (Å²) in [5.41, 5.74) is 0.917. The predicted molar refractivity (Wildman–Crippen MR) is 124 cm³/mol. The highest BCUT2D eigenvalue weighted by molar-refractivity contribution is 5.80. The molecule has 172 valence electrons. The van der Waals surface area contributed by atoms with Crippen molar-refractivity contribution in [3.05, 3.63) is 59.7 Å². The van der Waals surface area contributed by atoms with E-state index in [1.54, 1.807) is 6.92 Å². The Bertz CT molecular complexity index is 924.